The van der Waals surface area contributed by atoms with Crippen molar-refractivity contribution < 1.29 is 4.79 Å². The standard InChI is InChI=1S/C26H28N6O/c1-32(2)24-15-25(31-20-8-4-3-7-19(20)24)28-17-11-13-18(14-12-17)29-26(33)23-16-27-21-9-5-6-10-22(21)30-23/h3-10,15-18H,11-14H2,1-2H3,(H,28,31)(H,29,33). The molecule has 1 aliphatic carbocycles. The number of hydrogen-bond acceptors (Lipinski definition) is 6. The maximum absolute atomic E-state index is 12.7. The first-order chi connectivity index (χ1) is 16.1. The molecule has 1 saturated carbocycles. The number of carbonyl (C=O) groups is 1. The smallest absolute Gasteiger partial charge is 0.271 e. The van der Waals surface area contributed by atoms with Crippen molar-refractivity contribution in [3.05, 3.63) is 66.5 Å². The molecule has 1 amide bonds. The van der Waals surface area contributed by atoms with E-state index in [4.69, 9.17) is 4.98 Å². The minimum Gasteiger partial charge on any atom is -0.377 e. The monoisotopic (exact) mass is 440 g/mol. The van der Waals surface area contributed by atoms with Gasteiger partial charge >= 0.3 is 0 Å². The van der Waals surface area contributed by atoms with Crippen LogP contribution in [0.15, 0.2) is 60.8 Å². The van der Waals surface area contributed by atoms with Gasteiger partial charge in [0, 0.05) is 43.3 Å². The molecule has 7 nitrogen and oxygen atoms in total. The van der Waals surface area contributed by atoms with E-state index in [1.54, 1.807) is 6.20 Å². The number of para-hydroxylation sites is 3. The fourth-order valence-electron chi connectivity index (χ4n) is 4.52. The first-order valence-electron chi connectivity index (χ1n) is 11.4. The average molecular weight is 441 g/mol. The number of rotatable bonds is 5. The molecule has 0 unspecified atom stereocenters. The van der Waals surface area contributed by atoms with Crippen LogP contribution in [0.2, 0.25) is 0 Å². The van der Waals surface area contributed by atoms with E-state index >= 15 is 0 Å². The minimum absolute atomic E-state index is 0.144. The lowest BCUT2D eigenvalue weighted by atomic mass is 9.91. The third-order valence-electron chi connectivity index (χ3n) is 6.27. The normalized spacial score (nSPS) is 18.2. The highest BCUT2D eigenvalue weighted by Crippen LogP contribution is 2.29. The van der Waals surface area contributed by atoms with Crippen LogP contribution in [0.4, 0.5) is 11.5 Å². The first-order valence-corrected chi connectivity index (χ1v) is 11.4. The van der Waals surface area contributed by atoms with Crippen LogP contribution in [-0.2, 0) is 0 Å². The van der Waals surface area contributed by atoms with Crippen LogP contribution in [0.5, 0.6) is 0 Å². The second-order valence-electron chi connectivity index (χ2n) is 8.85. The van der Waals surface area contributed by atoms with Gasteiger partial charge in [0.05, 0.1) is 22.7 Å². The number of pyridine rings is 1. The van der Waals surface area contributed by atoms with Crippen LogP contribution in [0.25, 0.3) is 21.9 Å². The van der Waals surface area contributed by atoms with Gasteiger partial charge in [0.15, 0.2) is 0 Å². The number of carbonyl (C=O) groups excluding carboxylic acids is 1. The zero-order valence-electron chi connectivity index (χ0n) is 19.0. The summed E-state index contributed by atoms with van der Waals surface area (Å²) in [5, 5.41) is 7.91. The molecule has 0 atom stereocenters. The Labute approximate surface area is 193 Å². The van der Waals surface area contributed by atoms with Gasteiger partial charge in [-0.3, -0.25) is 9.78 Å². The summed E-state index contributed by atoms with van der Waals surface area (Å²) in [5.74, 6) is 0.743. The topological polar surface area (TPSA) is 83.0 Å². The Balaban J connectivity index is 1.21. The molecule has 0 saturated heterocycles. The molecular formula is C26H28N6O. The van der Waals surface area contributed by atoms with Gasteiger partial charge in [-0.15, -0.1) is 0 Å². The van der Waals surface area contributed by atoms with E-state index in [0.29, 0.717) is 11.7 Å². The molecule has 7 heteroatoms. The van der Waals surface area contributed by atoms with Gasteiger partial charge in [0.1, 0.15) is 11.5 Å². The predicted molar refractivity (Wildman–Crippen MR) is 133 cm³/mol. The minimum atomic E-state index is -0.156. The third kappa shape index (κ3) is 4.58. The van der Waals surface area contributed by atoms with Crippen LogP contribution in [0.3, 0.4) is 0 Å². The van der Waals surface area contributed by atoms with Gasteiger partial charge < -0.3 is 15.5 Å². The summed E-state index contributed by atoms with van der Waals surface area (Å²) in [6, 6.07) is 18.4. The Hall–Kier alpha value is -3.74. The van der Waals surface area contributed by atoms with Gasteiger partial charge in [0.25, 0.3) is 5.91 Å². The Morgan fingerprint density at radius 3 is 2.30 bits per heavy atom. The molecule has 2 heterocycles. The summed E-state index contributed by atoms with van der Waals surface area (Å²) in [7, 11) is 4.11. The van der Waals surface area contributed by atoms with Crippen LogP contribution >= 0.6 is 0 Å². The number of amides is 1. The molecule has 4 aromatic rings. The lowest BCUT2D eigenvalue weighted by Crippen LogP contribution is -2.40. The number of anilines is 2. The number of aromatic nitrogens is 3. The molecular weight excluding hydrogens is 412 g/mol. The molecule has 2 N–H and O–H groups in total. The first kappa shape index (κ1) is 21.1. The SMILES string of the molecule is CN(C)c1cc(NC2CCC(NC(=O)c3cnc4ccccc4n3)CC2)nc2ccccc12. The summed E-state index contributed by atoms with van der Waals surface area (Å²) < 4.78 is 0. The summed E-state index contributed by atoms with van der Waals surface area (Å²) in [5.41, 5.74) is 4.04. The molecule has 1 fully saturated rings. The lowest BCUT2D eigenvalue weighted by molar-refractivity contribution is 0.0921. The maximum atomic E-state index is 12.7. The summed E-state index contributed by atoms with van der Waals surface area (Å²) in [6.45, 7) is 0. The fraction of sp³-hybridized carbons (Fsp3) is 0.308. The van der Waals surface area contributed by atoms with Crippen LogP contribution in [0.1, 0.15) is 36.2 Å². The molecule has 2 aromatic heterocycles. The maximum Gasteiger partial charge on any atom is 0.271 e. The van der Waals surface area contributed by atoms with E-state index in [9.17, 15) is 4.79 Å². The fourth-order valence-corrected chi connectivity index (χ4v) is 4.52. The number of fused-ring (bicyclic) bond motifs is 2. The Morgan fingerprint density at radius 2 is 1.55 bits per heavy atom. The molecule has 33 heavy (non-hydrogen) atoms. The van der Waals surface area contributed by atoms with Crippen molar-refractivity contribution >= 4 is 39.3 Å². The number of nitrogens with one attached hydrogen (secondary N) is 2. The van der Waals surface area contributed by atoms with E-state index in [1.807, 2.05) is 36.4 Å². The van der Waals surface area contributed by atoms with Crippen molar-refractivity contribution in [3.8, 4) is 0 Å². The zero-order chi connectivity index (χ0) is 22.8. The van der Waals surface area contributed by atoms with E-state index in [2.05, 4.69) is 57.8 Å². The molecule has 168 valence electrons. The van der Waals surface area contributed by atoms with Crippen molar-refractivity contribution in [2.45, 2.75) is 37.8 Å². The van der Waals surface area contributed by atoms with Gasteiger partial charge in [-0.1, -0.05) is 30.3 Å². The molecule has 2 aromatic carbocycles. The van der Waals surface area contributed by atoms with Gasteiger partial charge in [-0.2, -0.15) is 0 Å². The van der Waals surface area contributed by atoms with E-state index < -0.39 is 0 Å². The van der Waals surface area contributed by atoms with Crippen molar-refractivity contribution in [2.24, 2.45) is 0 Å². The van der Waals surface area contributed by atoms with E-state index in [0.717, 1.165) is 59.1 Å². The number of nitrogens with zero attached hydrogens (tertiary/aromatic N) is 4. The second-order valence-corrected chi connectivity index (χ2v) is 8.85. The van der Waals surface area contributed by atoms with Crippen LogP contribution in [0, 0.1) is 0 Å². The Morgan fingerprint density at radius 1 is 0.879 bits per heavy atom. The largest absolute Gasteiger partial charge is 0.377 e. The second kappa shape index (κ2) is 9.02. The highest BCUT2D eigenvalue weighted by Gasteiger charge is 2.24. The predicted octanol–water partition coefficient (Wildman–Crippen LogP) is 4.40. The van der Waals surface area contributed by atoms with Gasteiger partial charge in [-0.05, 0) is 43.9 Å². The van der Waals surface area contributed by atoms with Crippen LogP contribution in [-0.4, -0.2) is 47.0 Å². The van der Waals surface area contributed by atoms with Crippen molar-refractivity contribution in [1.29, 1.82) is 0 Å². The molecule has 0 bridgehead atoms. The highest BCUT2D eigenvalue weighted by molar-refractivity contribution is 5.94. The number of hydrogen-bond donors (Lipinski definition) is 2. The highest BCUT2D eigenvalue weighted by atomic mass is 16.1. The Bertz CT molecular complexity index is 1300. The quantitative estimate of drug-likeness (QED) is 0.479. The third-order valence-corrected chi connectivity index (χ3v) is 6.27. The lowest BCUT2D eigenvalue weighted by Gasteiger charge is -2.30. The van der Waals surface area contributed by atoms with Crippen LogP contribution < -0.4 is 15.5 Å². The average Bonchev–Trinajstić information content (AvgIpc) is 2.84. The molecule has 0 aliphatic heterocycles. The van der Waals surface area contributed by atoms with E-state index in [-0.39, 0.29) is 11.9 Å². The Kier molecular flexibility index (Phi) is 5.77. The number of benzene rings is 2. The molecule has 5 rings (SSSR count). The molecule has 1 aliphatic rings. The molecule has 0 radical (unpaired) electrons. The van der Waals surface area contributed by atoms with Crippen molar-refractivity contribution in [3.63, 3.8) is 0 Å². The van der Waals surface area contributed by atoms with E-state index in [1.165, 1.54) is 0 Å². The summed E-state index contributed by atoms with van der Waals surface area (Å²) in [6.07, 6.45) is 5.33. The summed E-state index contributed by atoms with van der Waals surface area (Å²) in [4.78, 5) is 28.5. The zero-order valence-corrected chi connectivity index (χ0v) is 19.0. The molecule has 0 spiro atoms. The van der Waals surface area contributed by atoms with Crippen molar-refractivity contribution in [1.82, 2.24) is 20.3 Å². The van der Waals surface area contributed by atoms with Gasteiger partial charge in [-0.25, -0.2) is 9.97 Å². The van der Waals surface area contributed by atoms with Gasteiger partial charge in [0.2, 0.25) is 0 Å². The summed E-state index contributed by atoms with van der Waals surface area (Å²) >= 11 is 0. The van der Waals surface area contributed by atoms with Crippen molar-refractivity contribution in [2.75, 3.05) is 24.3 Å².